The molecule has 9 heteroatoms. The number of aromatic nitrogens is 2. The molecule has 1 amide bonds. The summed E-state index contributed by atoms with van der Waals surface area (Å²) in [5.74, 6) is 0.712. The van der Waals surface area contributed by atoms with Crippen molar-refractivity contribution in [3.05, 3.63) is 47.3 Å². The monoisotopic (exact) mass is 495 g/mol. The van der Waals surface area contributed by atoms with E-state index >= 15 is 0 Å². The molecule has 0 bridgehead atoms. The van der Waals surface area contributed by atoms with Crippen LogP contribution in [0.3, 0.4) is 0 Å². The van der Waals surface area contributed by atoms with Crippen LogP contribution in [-0.2, 0) is 29.1 Å². The summed E-state index contributed by atoms with van der Waals surface area (Å²) in [6.45, 7) is 4.44. The lowest BCUT2D eigenvalue weighted by atomic mass is 10.0. The number of carbonyl (C=O) groups excluding carboxylic acids is 1. The van der Waals surface area contributed by atoms with E-state index in [1.54, 1.807) is 6.20 Å². The molecule has 4 rings (SSSR count). The number of anilines is 1. The number of carboxylic acid groups (broad SMARTS) is 1. The Morgan fingerprint density at radius 3 is 2.72 bits per heavy atom. The summed E-state index contributed by atoms with van der Waals surface area (Å²) in [6.07, 6.45) is 8.70. The van der Waals surface area contributed by atoms with E-state index in [0.29, 0.717) is 32.7 Å². The average Bonchev–Trinajstić information content (AvgIpc) is 2.89. The fourth-order valence-electron chi connectivity index (χ4n) is 4.73. The number of piperidine rings is 1. The summed E-state index contributed by atoms with van der Waals surface area (Å²) < 4.78 is 6.12. The third-order valence-corrected chi connectivity index (χ3v) is 6.64. The van der Waals surface area contributed by atoms with E-state index in [0.717, 1.165) is 73.7 Å². The number of hydrogen-bond donors (Lipinski definition) is 2. The van der Waals surface area contributed by atoms with Gasteiger partial charge in [-0.1, -0.05) is 12.1 Å². The molecule has 0 aliphatic carbocycles. The minimum absolute atomic E-state index is 0.0101. The van der Waals surface area contributed by atoms with E-state index in [4.69, 9.17) is 14.8 Å². The van der Waals surface area contributed by atoms with E-state index in [1.807, 2.05) is 24.3 Å². The summed E-state index contributed by atoms with van der Waals surface area (Å²) in [4.78, 5) is 37.5. The van der Waals surface area contributed by atoms with Gasteiger partial charge in [-0.3, -0.25) is 14.5 Å². The number of ether oxygens (including phenoxy) is 1. The van der Waals surface area contributed by atoms with Crippen LogP contribution >= 0.6 is 0 Å². The average molecular weight is 496 g/mol. The van der Waals surface area contributed by atoms with E-state index in [1.165, 1.54) is 6.42 Å². The lowest BCUT2D eigenvalue weighted by Crippen LogP contribution is -2.37. The number of nitrogens with zero attached hydrogens (tertiary/aromatic N) is 4. The van der Waals surface area contributed by atoms with Crippen molar-refractivity contribution in [3.63, 3.8) is 0 Å². The molecule has 3 heterocycles. The first-order valence-electron chi connectivity index (χ1n) is 13.1. The van der Waals surface area contributed by atoms with Gasteiger partial charge in [-0.25, -0.2) is 9.97 Å². The lowest BCUT2D eigenvalue weighted by Gasteiger charge is -2.27. The maximum atomic E-state index is 12.8. The molecule has 2 N–H and O–H groups in total. The molecule has 1 fully saturated rings. The second kappa shape index (κ2) is 13.2. The Hall–Kier alpha value is -3.20. The molecule has 1 saturated heterocycles. The molecule has 0 radical (unpaired) electrons. The van der Waals surface area contributed by atoms with Crippen LogP contribution < -0.4 is 15.0 Å². The molecule has 1 aromatic carbocycles. The number of aliphatic carboxylic acids is 1. The van der Waals surface area contributed by atoms with Crippen molar-refractivity contribution in [2.24, 2.45) is 0 Å². The topological polar surface area (TPSA) is 108 Å². The fourth-order valence-corrected chi connectivity index (χ4v) is 4.73. The highest BCUT2D eigenvalue weighted by Crippen LogP contribution is 2.25. The fraction of sp³-hybridized carbons (Fsp3) is 0.556. The maximum Gasteiger partial charge on any atom is 0.303 e. The third-order valence-electron chi connectivity index (χ3n) is 6.64. The number of benzene rings is 1. The molecule has 1 aromatic heterocycles. The number of carboxylic acids is 1. The van der Waals surface area contributed by atoms with E-state index in [-0.39, 0.29) is 18.9 Å². The zero-order valence-corrected chi connectivity index (χ0v) is 21.0. The smallest absolute Gasteiger partial charge is 0.303 e. The summed E-state index contributed by atoms with van der Waals surface area (Å²) in [6, 6.07) is 7.80. The normalized spacial score (nSPS) is 18.1. The number of hydrogen-bond acceptors (Lipinski definition) is 7. The third kappa shape index (κ3) is 7.91. The Morgan fingerprint density at radius 1 is 1.06 bits per heavy atom. The van der Waals surface area contributed by atoms with E-state index in [2.05, 4.69) is 20.1 Å². The van der Waals surface area contributed by atoms with Gasteiger partial charge in [0.05, 0.1) is 18.8 Å². The van der Waals surface area contributed by atoms with Crippen molar-refractivity contribution in [2.75, 3.05) is 37.7 Å². The molecule has 0 spiro atoms. The Labute approximate surface area is 212 Å². The van der Waals surface area contributed by atoms with Crippen molar-refractivity contribution in [1.82, 2.24) is 20.2 Å². The van der Waals surface area contributed by atoms with Crippen LogP contribution in [0.25, 0.3) is 0 Å². The highest BCUT2D eigenvalue weighted by Gasteiger charge is 2.19. The molecule has 36 heavy (non-hydrogen) atoms. The van der Waals surface area contributed by atoms with Crippen LogP contribution in [0.5, 0.6) is 5.75 Å². The van der Waals surface area contributed by atoms with Crippen LogP contribution in [0.1, 0.15) is 61.8 Å². The number of nitrogens with one attached hydrogen (secondary N) is 1. The Kier molecular flexibility index (Phi) is 9.49. The van der Waals surface area contributed by atoms with E-state index < -0.39 is 5.97 Å². The van der Waals surface area contributed by atoms with Crippen molar-refractivity contribution in [2.45, 2.75) is 64.5 Å². The molecule has 0 unspecified atom stereocenters. The summed E-state index contributed by atoms with van der Waals surface area (Å²) in [5.41, 5.74) is 2.77. The Bertz CT molecular complexity index is 1020. The number of carbonyl (C=O) groups is 2. The highest BCUT2D eigenvalue weighted by molar-refractivity contribution is 5.78. The lowest BCUT2D eigenvalue weighted by molar-refractivity contribution is -0.137. The van der Waals surface area contributed by atoms with Crippen LogP contribution in [0.15, 0.2) is 30.5 Å². The number of rotatable bonds is 6. The summed E-state index contributed by atoms with van der Waals surface area (Å²) >= 11 is 0. The zero-order chi connectivity index (χ0) is 25.2. The predicted octanol–water partition coefficient (Wildman–Crippen LogP) is 3.17. The molecule has 2 aliphatic rings. The highest BCUT2D eigenvalue weighted by atomic mass is 16.5. The van der Waals surface area contributed by atoms with Crippen LogP contribution in [-0.4, -0.2) is 64.6 Å². The van der Waals surface area contributed by atoms with Crippen LogP contribution in [0, 0.1) is 0 Å². The van der Waals surface area contributed by atoms with Crippen LogP contribution in [0.4, 0.5) is 5.95 Å². The second-order valence-corrected chi connectivity index (χ2v) is 9.64. The molecular weight excluding hydrogens is 458 g/mol. The zero-order valence-electron chi connectivity index (χ0n) is 21.0. The van der Waals surface area contributed by atoms with Gasteiger partial charge in [0.1, 0.15) is 5.75 Å². The van der Waals surface area contributed by atoms with Gasteiger partial charge in [-0.05, 0) is 62.6 Å². The Balaban J connectivity index is 1.57. The minimum Gasteiger partial charge on any atom is -0.493 e. The molecular formula is C27H37N5O4. The van der Waals surface area contributed by atoms with Crippen molar-refractivity contribution in [3.8, 4) is 5.75 Å². The van der Waals surface area contributed by atoms with Gasteiger partial charge in [0, 0.05) is 50.9 Å². The van der Waals surface area contributed by atoms with Gasteiger partial charge in [-0.15, -0.1) is 0 Å². The Morgan fingerprint density at radius 2 is 1.89 bits per heavy atom. The second-order valence-electron chi connectivity index (χ2n) is 9.64. The molecule has 194 valence electrons. The molecule has 2 aliphatic heterocycles. The van der Waals surface area contributed by atoms with Crippen molar-refractivity contribution < 1.29 is 19.4 Å². The maximum absolute atomic E-state index is 12.8. The minimum atomic E-state index is -0.818. The van der Waals surface area contributed by atoms with Gasteiger partial charge < -0.3 is 20.1 Å². The standard InChI is InChI=1S/C27H37N5O4/c33-25-20-31(19-23-11-13-29-27(30-23)32-14-4-2-5-15-32)18-22-17-21(8-10-26(34)35)7-9-24(22)36-16-6-1-3-12-28-25/h7,9,11,13,17H,1-6,8,10,12,14-16,18-20H2,(H,28,33)(H,34,35). The van der Waals surface area contributed by atoms with Crippen molar-refractivity contribution >= 4 is 17.8 Å². The molecule has 0 atom stereocenters. The summed E-state index contributed by atoms with van der Waals surface area (Å²) in [5, 5.41) is 12.1. The van der Waals surface area contributed by atoms with Gasteiger partial charge >= 0.3 is 5.97 Å². The number of fused-ring (bicyclic) bond motifs is 1. The van der Waals surface area contributed by atoms with Gasteiger partial charge in [0.2, 0.25) is 11.9 Å². The van der Waals surface area contributed by atoms with Crippen LogP contribution in [0.2, 0.25) is 0 Å². The first-order valence-corrected chi connectivity index (χ1v) is 13.1. The molecule has 2 aromatic rings. The molecule has 9 nitrogen and oxygen atoms in total. The molecule has 0 saturated carbocycles. The largest absolute Gasteiger partial charge is 0.493 e. The number of aryl methyl sites for hydroxylation is 1. The SMILES string of the molecule is O=C(O)CCc1ccc2c(c1)CN(Cc1ccnc(N3CCCCC3)n1)CC(=O)NCCCCCO2. The summed E-state index contributed by atoms with van der Waals surface area (Å²) in [7, 11) is 0. The van der Waals surface area contributed by atoms with Gasteiger partial charge in [0.25, 0.3) is 0 Å². The van der Waals surface area contributed by atoms with Gasteiger partial charge in [-0.2, -0.15) is 0 Å². The van der Waals surface area contributed by atoms with Gasteiger partial charge in [0.15, 0.2) is 0 Å². The number of amides is 1. The quantitative estimate of drug-likeness (QED) is 0.629. The van der Waals surface area contributed by atoms with E-state index in [9.17, 15) is 9.59 Å². The predicted molar refractivity (Wildman–Crippen MR) is 137 cm³/mol. The first kappa shape index (κ1) is 25.9. The first-order chi connectivity index (χ1) is 17.6. The van der Waals surface area contributed by atoms with Crippen molar-refractivity contribution in [1.29, 1.82) is 0 Å².